The molecule has 4 aromatic rings. The molecule has 0 radical (unpaired) electrons. The molecule has 10 nitrogen and oxygen atoms in total. The number of halogens is 3. The summed E-state index contributed by atoms with van der Waals surface area (Å²) in [5.74, 6) is -0.415. The number of rotatable bonds is 3. The molecular weight excluding hydrogens is 597 g/mol. The van der Waals surface area contributed by atoms with Crippen LogP contribution in [0.25, 0.3) is 28.2 Å². The molecule has 4 heterocycles. The lowest BCUT2D eigenvalue weighted by Gasteiger charge is -2.30. The summed E-state index contributed by atoms with van der Waals surface area (Å²) < 4.78 is 41.4. The maximum absolute atomic E-state index is 13.1. The zero-order chi connectivity index (χ0) is 32.4. The van der Waals surface area contributed by atoms with E-state index in [0.717, 1.165) is 68.1 Å². The molecule has 46 heavy (non-hydrogen) atoms. The molecule has 2 atom stereocenters. The Morgan fingerprint density at radius 2 is 1.91 bits per heavy atom. The van der Waals surface area contributed by atoms with E-state index >= 15 is 0 Å². The first-order valence-corrected chi connectivity index (χ1v) is 15.3. The molecule has 13 heteroatoms. The maximum Gasteiger partial charge on any atom is 0.416 e. The number of carbonyl (C=O) groups is 2. The van der Waals surface area contributed by atoms with Crippen molar-refractivity contribution in [3.8, 4) is 11.3 Å². The average Bonchev–Trinajstić information content (AvgIpc) is 3.44. The molecule has 1 fully saturated rings. The second-order valence-electron chi connectivity index (χ2n) is 11.9. The van der Waals surface area contributed by atoms with E-state index in [-0.39, 0.29) is 29.4 Å². The number of fused-ring (bicyclic) bond motifs is 3. The minimum absolute atomic E-state index is 0.0158. The van der Waals surface area contributed by atoms with Gasteiger partial charge >= 0.3 is 6.18 Å². The van der Waals surface area contributed by atoms with Gasteiger partial charge in [-0.15, -0.1) is 0 Å². The molecule has 6 rings (SSSR count). The third-order valence-electron chi connectivity index (χ3n) is 8.55. The van der Waals surface area contributed by atoms with Crippen molar-refractivity contribution >= 4 is 40.4 Å². The SMILES string of the molecule is CN1C/C=C/c2cnc(N)c3c(-c4ccc(C(=O)Nc5cc(C(F)(F)F)ccn5)cc4)nn(c23)[C@@H]2CCC[C@H](C2)NC(=O)CCC1. The first kappa shape index (κ1) is 31.2. The van der Waals surface area contributed by atoms with Crippen LogP contribution in [0.15, 0.2) is 54.9 Å². The van der Waals surface area contributed by atoms with Crippen LogP contribution in [0.3, 0.4) is 0 Å². The van der Waals surface area contributed by atoms with Gasteiger partial charge in [-0.25, -0.2) is 9.97 Å². The van der Waals surface area contributed by atoms with Crippen molar-refractivity contribution in [1.82, 2.24) is 30.0 Å². The fourth-order valence-electron chi connectivity index (χ4n) is 6.23. The molecule has 0 saturated heterocycles. The van der Waals surface area contributed by atoms with Crippen molar-refractivity contribution < 1.29 is 22.8 Å². The molecule has 2 bridgehead atoms. The smallest absolute Gasteiger partial charge is 0.383 e. The van der Waals surface area contributed by atoms with Crippen LogP contribution in [-0.4, -0.2) is 62.6 Å². The summed E-state index contributed by atoms with van der Waals surface area (Å²) >= 11 is 0. The number of nitrogens with zero attached hydrogens (tertiary/aromatic N) is 5. The fraction of sp³-hybridized carbons (Fsp3) is 0.364. The predicted molar refractivity (Wildman–Crippen MR) is 170 cm³/mol. The van der Waals surface area contributed by atoms with Gasteiger partial charge in [-0.2, -0.15) is 18.3 Å². The zero-order valence-electron chi connectivity index (χ0n) is 25.3. The normalized spacial score (nSPS) is 20.4. The highest BCUT2D eigenvalue weighted by Gasteiger charge is 2.31. The topological polar surface area (TPSA) is 131 Å². The third-order valence-corrected chi connectivity index (χ3v) is 8.55. The highest BCUT2D eigenvalue weighted by Crippen LogP contribution is 2.39. The number of alkyl halides is 3. The molecule has 1 saturated carbocycles. The van der Waals surface area contributed by atoms with Crippen LogP contribution in [0, 0.1) is 0 Å². The van der Waals surface area contributed by atoms with E-state index in [1.807, 2.05) is 17.8 Å². The van der Waals surface area contributed by atoms with Crippen molar-refractivity contribution in [1.29, 1.82) is 0 Å². The van der Waals surface area contributed by atoms with Crippen LogP contribution >= 0.6 is 0 Å². The first-order valence-electron chi connectivity index (χ1n) is 15.3. The Bertz CT molecular complexity index is 1780. The van der Waals surface area contributed by atoms with Gasteiger partial charge in [0.15, 0.2) is 0 Å². The molecular formula is C33H35F3N8O2. The number of likely N-dealkylation sites (N-methyl/N-ethyl adjacent to an activating group) is 1. The lowest BCUT2D eigenvalue weighted by atomic mass is 9.90. The molecule has 2 amide bonds. The Labute approximate surface area is 263 Å². The minimum atomic E-state index is -4.56. The summed E-state index contributed by atoms with van der Waals surface area (Å²) in [7, 11) is 2.02. The Morgan fingerprint density at radius 1 is 1.11 bits per heavy atom. The monoisotopic (exact) mass is 632 g/mol. The third kappa shape index (κ3) is 6.74. The largest absolute Gasteiger partial charge is 0.416 e. The Balaban J connectivity index is 1.36. The molecule has 0 unspecified atom stereocenters. The van der Waals surface area contributed by atoms with Gasteiger partial charge in [0.2, 0.25) is 5.91 Å². The highest BCUT2D eigenvalue weighted by molar-refractivity contribution is 6.06. The number of hydrogen-bond donors (Lipinski definition) is 3. The molecule has 240 valence electrons. The van der Waals surface area contributed by atoms with E-state index < -0.39 is 17.6 Å². The second-order valence-corrected chi connectivity index (χ2v) is 11.9. The minimum Gasteiger partial charge on any atom is -0.383 e. The van der Waals surface area contributed by atoms with E-state index in [1.54, 1.807) is 30.5 Å². The quantitative estimate of drug-likeness (QED) is 0.265. The average molecular weight is 633 g/mol. The molecule has 3 aromatic heterocycles. The first-order chi connectivity index (χ1) is 22.1. The number of carbonyl (C=O) groups excluding carboxylic acids is 2. The zero-order valence-corrected chi connectivity index (χ0v) is 25.3. The van der Waals surface area contributed by atoms with Gasteiger partial charge in [-0.05, 0) is 70.0 Å². The molecule has 1 aliphatic heterocycles. The number of amides is 2. The summed E-state index contributed by atoms with van der Waals surface area (Å²) in [5, 5.41) is 11.5. The molecule has 1 aliphatic carbocycles. The highest BCUT2D eigenvalue weighted by atomic mass is 19.4. The van der Waals surface area contributed by atoms with E-state index in [4.69, 9.17) is 10.8 Å². The maximum atomic E-state index is 13.1. The molecule has 4 N–H and O–H groups in total. The van der Waals surface area contributed by atoms with Gasteiger partial charge < -0.3 is 21.3 Å². The van der Waals surface area contributed by atoms with Crippen LogP contribution in [0.4, 0.5) is 24.8 Å². The van der Waals surface area contributed by atoms with E-state index in [9.17, 15) is 22.8 Å². The standard InChI is InChI=1S/C33H35F3N8O2/c1-43-15-3-5-22-19-39-31(37)28-29(42-44(30(22)28)25-7-2-6-24(18-25)40-27(45)8-4-16-43)20-9-11-21(12-10-20)32(46)41-26-17-23(13-14-38-26)33(34,35)36/h3,5,9-14,17,19,24-25H,2,4,6-8,15-16,18H2,1H3,(H2,37,39)(H,40,45)(H,38,41,46)/b5-3+/t24-,25-/m1/s1. The van der Waals surface area contributed by atoms with Crippen molar-refractivity contribution in [3.63, 3.8) is 0 Å². The van der Waals surface area contributed by atoms with Gasteiger partial charge in [0.05, 0.1) is 22.5 Å². The van der Waals surface area contributed by atoms with Crippen molar-refractivity contribution in [3.05, 3.63) is 71.6 Å². The predicted octanol–water partition coefficient (Wildman–Crippen LogP) is 5.69. The van der Waals surface area contributed by atoms with Gasteiger partial charge in [0.25, 0.3) is 5.91 Å². The summed E-state index contributed by atoms with van der Waals surface area (Å²) in [6.45, 7) is 1.49. The fourth-order valence-corrected chi connectivity index (χ4v) is 6.23. The molecule has 1 aromatic carbocycles. The Hall–Kier alpha value is -4.78. The number of nitrogen functional groups attached to an aromatic ring is 1. The van der Waals surface area contributed by atoms with Crippen molar-refractivity contribution in [2.75, 3.05) is 31.2 Å². The van der Waals surface area contributed by atoms with E-state index in [1.165, 1.54) is 0 Å². The van der Waals surface area contributed by atoms with Gasteiger partial charge in [0, 0.05) is 48.1 Å². The van der Waals surface area contributed by atoms with E-state index in [2.05, 4.69) is 31.6 Å². The number of aromatic nitrogens is 4. The van der Waals surface area contributed by atoms with E-state index in [0.29, 0.717) is 35.4 Å². The number of hydrogen-bond acceptors (Lipinski definition) is 7. The Morgan fingerprint density at radius 3 is 2.70 bits per heavy atom. The van der Waals surface area contributed by atoms with Gasteiger partial charge in [-0.1, -0.05) is 24.3 Å². The summed E-state index contributed by atoms with van der Waals surface area (Å²) in [6.07, 6.45) is 7.03. The lowest BCUT2D eigenvalue weighted by Crippen LogP contribution is -2.39. The summed E-state index contributed by atoms with van der Waals surface area (Å²) in [4.78, 5) is 36.1. The summed E-state index contributed by atoms with van der Waals surface area (Å²) in [5.41, 5.74) is 8.87. The second kappa shape index (κ2) is 12.9. The number of anilines is 2. The number of nitrogens with one attached hydrogen (secondary N) is 2. The summed E-state index contributed by atoms with van der Waals surface area (Å²) in [6, 6.07) is 8.31. The van der Waals surface area contributed by atoms with Crippen molar-refractivity contribution in [2.24, 2.45) is 0 Å². The van der Waals surface area contributed by atoms with Crippen LogP contribution < -0.4 is 16.4 Å². The number of nitrogens with two attached hydrogens (primary N) is 1. The molecule has 2 aliphatic rings. The lowest BCUT2D eigenvalue weighted by molar-refractivity contribution is -0.137. The van der Waals surface area contributed by atoms with Crippen LogP contribution in [0.5, 0.6) is 0 Å². The van der Waals surface area contributed by atoms with Crippen LogP contribution in [-0.2, 0) is 11.0 Å². The van der Waals surface area contributed by atoms with Gasteiger partial charge in [0.1, 0.15) is 17.3 Å². The number of benzene rings is 1. The van der Waals surface area contributed by atoms with Crippen LogP contribution in [0.2, 0.25) is 0 Å². The molecule has 0 spiro atoms. The van der Waals surface area contributed by atoms with Crippen molar-refractivity contribution in [2.45, 2.75) is 56.8 Å². The van der Waals surface area contributed by atoms with Gasteiger partial charge in [-0.3, -0.25) is 14.3 Å². The Kier molecular flexibility index (Phi) is 8.76. The van der Waals surface area contributed by atoms with Crippen LogP contribution in [0.1, 0.15) is 66.1 Å². The number of pyridine rings is 2.